The Morgan fingerprint density at radius 3 is 1.47 bits per heavy atom. The Bertz CT molecular complexity index is 3140. The lowest BCUT2D eigenvalue weighted by atomic mass is 9.92. The molecule has 270 valence electrons. The Labute approximate surface area is 329 Å². The van der Waals surface area contributed by atoms with Gasteiger partial charge in [0, 0.05) is 56.4 Å². The van der Waals surface area contributed by atoms with Gasteiger partial charge in [-0.05, 0) is 65.7 Å². The van der Waals surface area contributed by atoms with Crippen LogP contribution in [0.3, 0.4) is 0 Å². The summed E-state index contributed by atoms with van der Waals surface area (Å²) in [6, 6.07) is 61.9. The van der Waals surface area contributed by atoms with Gasteiger partial charge >= 0.3 is 0 Å². The molecule has 4 heterocycles. The highest BCUT2D eigenvalue weighted by Gasteiger charge is 2.27. The highest BCUT2D eigenvalue weighted by atomic mass is 15.1. The van der Waals surface area contributed by atoms with E-state index in [4.69, 9.17) is 19.9 Å². The lowest BCUT2D eigenvalue weighted by Gasteiger charge is -2.23. The minimum atomic E-state index is -0.120. The fraction of sp³-hybridized carbons (Fsp3) is 0.0588. The van der Waals surface area contributed by atoms with Crippen molar-refractivity contribution in [3.8, 4) is 39.6 Å². The number of aromatic nitrogens is 5. The van der Waals surface area contributed by atoms with Crippen molar-refractivity contribution in [1.29, 1.82) is 0 Å². The summed E-state index contributed by atoms with van der Waals surface area (Å²) in [5, 5.41) is 4.84. The van der Waals surface area contributed by atoms with Crippen LogP contribution in [0.15, 0.2) is 187 Å². The number of para-hydroxylation sites is 3. The second-order valence-corrected chi connectivity index (χ2v) is 14.8. The molecule has 0 saturated carbocycles. The number of fused-ring (bicyclic) bond motifs is 6. The van der Waals surface area contributed by atoms with Gasteiger partial charge in [0.2, 0.25) is 0 Å². The minimum absolute atomic E-state index is 0.0749. The summed E-state index contributed by atoms with van der Waals surface area (Å²) in [5.74, 6) is 2.87. The van der Waals surface area contributed by atoms with Crippen molar-refractivity contribution < 1.29 is 0 Å². The first-order valence-electron chi connectivity index (χ1n) is 19.4. The zero-order chi connectivity index (χ0) is 37.9. The number of hydrogen-bond acceptors (Lipinski definition) is 4. The van der Waals surface area contributed by atoms with Crippen molar-refractivity contribution in [2.24, 2.45) is 10.9 Å². The van der Waals surface area contributed by atoms with Crippen molar-refractivity contribution in [1.82, 2.24) is 24.1 Å². The minimum Gasteiger partial charge on any atom is -0.309 e. The number of hydrogen-bond donors (Lipinski definition) is 0. The van der Waals surface area contributed by atoms with Crippen LogP contribution in [0.4, 0.5) is 0 Å². The van der Waals surface area contributed by atoms with E-state index < -0.39 is 0 Å². The monoisotopic (exact) mass is 732 g/mol. The molecular formula is C51H36N6. The molecule has 3 aromatic heterocycles. The van der Waals surface area contributed by atoms with E-state index in [-0.39, 0.29) is 11.8 Å². The number of benzene rings is 7. The van der Waals surface area contributed by atoms with E-state index in [1.807, 2.05) is 66.9 Å². The standard InChI is InChI=1S/C51H36N6/c1-33-32-52-48(31-41(33)51-54-49(34-15-5-2-6-16-34)53-50(55-51)35-17-7-3-8-18-35)57-45-24-14-12-22-40(45)43-30-37(26-28-47(43)57)36-25-27-46-42(29-36)39-21-11-13-23-44(39)56(46)38-19-9-4-10-20-38/h2-33,41H,1H3. The molecule has 0 saturated heterocycles. The van der Waals surface area contributed by atoms with E-state index in [0.717, 1.165) is 39.5 Å². The molecule has 6 nitrogen and oxygen atoms in total. The van der Waals surface area contributed by atoms with Crippen molar-refractivity contribution in [2.45, 2.75) is 12.8 Å². The zero-order valence-electron chi connectivity index (χ0n) is 31.2. The molecule has 0 fully saturated rings. The van der Waals surface area contributed by atoms with Gasteiger partial charge < -0.3 is 4.57 Å². The van der Waals surface area contributed by atoms with E-state index >= 15 is 0 Å². The first-order valence-corrected chi connectivity index (χ1v) is 19.4. The topological polar surface area (TPSA) is 60.9 Å². The summed E-state index contributed by atoms with van der Waals surface area (Å²) >= 11 is 0. The second-order valence-electron chi connectivity index (χ2n) is 14.8. The Kier molecular flexibility index (Phi) is 7.74. The summed E-state index contributed by atoms with van der Waals surface area (Å²) in [6.07, 6.45) is 4.28. The zero-order valence-corrected chi connectivity index (χ0v) is 31.2. The van der Waals surface area contributed by atoms with Gasteiger partial charge in [-0.25, -0.2) is 19.9 Å². The average Bonchev–Trinajstić information content (AvgIpc) is 3.79. The lowest BCUT2D eigenvalue weighted by Crippen LogP contribution is -2.18. The summed E-state index contributed by atoms with van der Waals surface area (Å²) in [4.78, 5) is 20.2. The molecule has 11 rings (SSSR count). The van der Waals surface area contributed by atoms with Crippen molar-refractivity contribution in [3.05, 3.63) is 188 Å². The van der Waals surface area contributed by atoms with E-state index in [1.165, 1.54) is 43.7 Å². The van der Waals surface area contributed by atoms with Crippen LogP contribution in [0.25, 0.3) is 89.0 Å². The van der Waals surface area contributed by atoms with Gasteiger partial charge in [0.05, 0.1) is 22.1 Å². The molecule has 0 spiro atoms. The van der Waals surface area contributed by atoms with Gasteiger partial charge in [-0.3, -0.25) is 4.57 Å². The van der Waals surface area contributed by atoms with Crippen LogP contribution >= 0.6 is 0 Å². The summed E-state index contributed by atoms with van der Waals surface area (Å²) in [6.45, 7) is 2.18. The van der Waals surface area contributed by atoms with Crippen molar-refractivity contribution in [3.63, 3.8) is 0 Å². The normalized spacial score (nSPS) is 15.5. The molecule has 10 aromatic rings. The van der Waals surface area contributed by atoms with Crippen LogP contribution in [0.5, 0.6) is 0 Å². The number of nitrogens with zero attached hydrogens (tertiary/aromatic N) is 6. The molecule has 0 aliphatic carbocycles. The first kappa shape index (κ1) is 32.9. The van der Waals surface area contributed by atoms with Gasteiger partial charge in [0.25, 0.3) is 0 Å². The van der Waals surface area contributed by atoms with Crippen LogP contribution < -0.4 is 0 Å². The molecular weight excluding hydrogens is 697 g/mol. The van der Waals surface area contributed by atoms with E-state index in [0.29, 0.717) is 11.6 Å². The van der Waals surface area contributed by atoms with Crippen LogP contribution in [0.2, 0.25) is 0 Å². The van der Waals surface area contributed by atoms with Gasteiger partial charge in [-0.2, -0.15) is 0 Å². The molecule has 0 bridgehead atoms. The molecule has 1 aliphatic heterocycles. The predicted molar refractivity (Wildman–Crippen MR) is 235 cm³/mol. The maximum atomic E-state index is 5.11. The van der Waals surface area contributed by atoms with Gasteiger partial charge in [0.15, 0.2) is 11.6 Å². The third-order valence-corrected chi connectivity index (χ3v) is 11.3. The largest absolute Gasteiger partial charge is 0.309 e. The number of rotatable bonds is 6. The van der Waals surface area contributed by atoms with Crippen LogP contribution in [0, 0.1) is 5.92 Å². The molecule has 0 amide bonds. The van der Waals surface area contributed by atoms with Crippen LogP contribution in [-0.4, -0.2) is 30.3 Å². The first-order chi connectivity index (χ1) is 28.2. The fourth-order valence-corrected chi connectivity index (χ4v) is 8.47. The molecule has 57 heavy (non-hydrogen) atoms. The Morgan fingerprint density at radius 2 is 0.895 bits per heavy atom. The highest BCUT2D eigenvalue weighted by molar-refractivity contribution is 6.13. The molecule has 0 N–H and O–H groups in total. The maximum absolute atomic E-state index is 5.11. The summed E-state index contributed by atoms with van der Waals surface area (Å²) in [5.41, 5.74) is 10.0. The maximum Gasteiger partial charge on any atom is 0.163 e. The van der Waals surface area contributed by atoms with Gasteiger partial charge in [0.1, 0.15) is 11.6 Å². The van der Waals surface area contributed by atoms with Crippen molar-refractivity contribution in [2.75, 3.05) is 0 Å². The Hall–Kier alpha value is -7.44. The Balaban J connectivity index is 1.04. The molecule has 7 aromatic carbocycles. The third kappa shape index (κ3) is 5.56. The lowest BCUT2D eigenvalue weighted by molar-refractivity contribution is 0.638. The van der Waals surface area contributed by atoms with E-state index in [9.17, 15) is 0 Å². The summed E-state index contributed by atoms with van der Waals surface area (Å²) in [7, 11) is 0. The molecule has 1 aliphatic rings. The molecule has 0 radical (unpaired) electrons. The number of aliphatic imine (C=N–C) groups is 1. The Morgan fingerprint density at radius 1 is 0.421 bits per heavy atom. The van der Waals surface area contributed by atoms with E-state index in [1.54, 1.807) is 0 Å². The SMILES string of the molecule is CC1C=NC(n2c3ccccc3c3cc(-c4ccc5c(c4)c4ccccc4n5-c4ccccc4)ccc32)=CC1c1nc(-c2ccccc2)nc(-c2ccccc2)n1. The summed E-state index contributed by atoms with van der Waals surface area (Å²) < 4.78 is 4.65. The van der Waals surface area contributed by atoms with Crippen LogP contribution in [-0.2, 0) is 0 Å². The third-order valence-electron chi connectivity index (χ3n) is 11.3. The average molecular weight is 733 g/mol. The van der Waals surface area contributed by atoms with Crippen molar-refractivity contribution >= 4 is 55.6 Å². The molecule has 6 heteroatoms. The predicted octanol–water partition coefficient (Wildman–Crippen LogP) is 12.4. The molecule has 2 unspecified atom stereocenters. The van der Waals surface area contributed by atoms with Gasteiger partial charge in [-0.1, -0.05) is 134 Å². The molecule has 2 atom stereocenters. The number of allylic oxidation sites excluding steroid dienone is 1. The van der Waals surface area contributed by atoms with Crippen LogP contribution in [0.1, 0.15) is 18.7 Å². The second kappa shape index (κ2) is 13.4. The highest BCUT2D eigenvalue weighted by Crippen LogP contribution is 2.40. The van der Waals surface area contributed by atoms with E-state index in [2.05, 4.69) is 137 Å². The quantitative estimate of drug-likeness (QED) is 0.171. The van der Waals surface area contributed by atoms with Gasteiger partial charge in [-0.15, -0.1) is 0 Å². The smallest absolute Gasteiger partial charge is 0.163 e. The fourth-order valence-electron chi connectivity index (χ4n) is 8.47.